The summed E-state index contributed by atoms with van der Waals surface area (Å²) in [5.74, 6) is 1.47. The Labute approximate surface area is 155 Å². The molecule has 0 bridgehead atoms. The lowest BCUT2D eigenvalue weighted by atomic mass is 9.95. The first kappa shape index (κ1) is 18.5. The Bertz CT molecular complexity index is 662. The van der Waals surface area contributed by atoms with Crippen molar-refractivity contribution in [2.24, 2.45) is 5.92 Å². The summed E-state index contributed by atoms with van der Waals surface area (Å²) in [6.07, 6.45) is 3.83. The van der Waals surface area contributed by atoms with Crippen LogP contribution in [0.5, 0.6) is 5.75 Å². The number of likely N-dealkylation sites (tertiary alicyclic amines) is 2. The standard InChI is InChI=1S/C21H28N2O3/c1-4-20(24)22-11-9-17(10-12-22)21(25)23-14-18(13-15(23)2)16-5-7-19(26-3)8-6-16/h4-8,15,17-18H,1,9-14H2,2-3H3. The Kier molecular flexibility index (Phi) is 5.64. The third-order valence-corrected chi connectivity index (χ3v) is 5.78. The highest BCUT2D eigenvalue weighted by molar-refractivity contribution is 5.87. The highest BCUT2D eigenvalue weighted by Crippen LogP contribution is 2.34. The largest absolute Gasteiger partial charge is 0.497 e. The lowest BCUT2D eigenvalue weighted by molar-refractivity contribution is -0.139. The van der Waals surface area contributed by atoms with Crippen LogP contribution in [0.1, 0.15) is 37.7 Å². The third-order valence-electron chi connectivity index (χ3n) is 5.78. The van der Waals surface area contributed by atoms with Gasteiger partial charge in [-0.15, -0.1) is 0 Å². The first-order valence-corrected chi connectivity index (χ1v) is 9.39. The van der Waals surface area contributed by atoms with E-state index in [-0.39, 0.29) is 23.8 Å². The number of carbonyl (C=O) groups excluding carboxylic acids is 2. The molecular weight excluding hydrogens is 328 g/mol. The molecule has 1 aromatic carbocycles. The smallest absolute Gasteiger partial charge is 0.245 e. The van der Waals surface area contributed by atoms with Crippen LogP contribution >= 0.6 is 0 Å². The Morgan fingerprint density at radius 2 is 1.85 bits per heavy atom. The number of nitrogens with zero attached hydrogens (tertiary/aromatic N) is 2. The lowest BCUT2D eigenvalue weighted by Gasteiger charge is -2.34. The maximum Gasteiger partial charge on any atom is 0.245 e. The molecule has 2 atom stereocenters. The molecule has 1 aromatic rings. The molecule has 0 radical (unpaired) electrons. The number of ether oxygens (including phenoxy) is 1. The third kappa shape index (κ3) is 3.76. The van der Waals surface area contributed by atoms with Gasteiger partial charge in [-0.05, 0) is 50.0 Å². The Morgan fingerprint density at radius 1 is 1.19 bits per heavy atom. The average Bonchev–Trinajstić information content (AvgIpc) is 3.08. The topological polar surface area (TPSA) is 49.9 Å². The van der Waals surface area contributed by atoms with E-state index >= 15 is 0 Å². The van der Waals surface area contributed by atoms with Crippen LogP contribution in [0.25, 0.3) is 0 Å². The molecule has 0 aliphatic carbocycles. The van der Waals surface area contributed by atoms with Crippen LogP contribution in [0.15, 0.2) is 36.9 Å². The normalized spacial score (nSPS) is 23.8. The Balaban J connectivity index is 1.60. The van der Waals surface area contributed by atoms with Gasteiger partial charge in [0.05, 0.1) is 7.11 Å². The SMILES string of the molecule is C=CC(=O)N1CCC(C(=O)N2CC(c3ccc(OC)cc3)CC2C)CC1. The van der Waals surface area contributed by atoms with Gasteiger partial charge in [-0.25, -0.2) is 0 Å². The molecule has 26 heavy (non-hydrogen) atoms. The number of hydrogen-bond acceptors (Lipinski definition) is 3. The predicted octanol–water partition coefficient (Wildman–Crippen LogP) is 2.82. The van der Waals surface area contributed by atoms with Gasteiger partial charge in [-0.1, -0.05) is 18.7 Å². The maximum atomic E-state index is 13.0. The number of amides is 2. The molecule has 2 aliphatic rings. The number of hydrogen-bond donors (Lipinski definition) is 0. The molecule has 3 rings (SSSR count). The summed E-state index contributed by atoms with van der Waals surface area (Å²) >= 11 is 0. The van der Waals surface area contributed by atoms with Crippen LogP contribution in [-0.2, 0) is 9.59 Å². The molecular formula is C21H28N2O3. The summed E-state index contributed by atoms with van der Waals surface area (Å²) < 4.78 is 5.23. The summed E-state index contributed by atoms with van der Waals surface area (Å²) in [4.78, 5) is 28.5. The van der Waals surface area contributed by atoms with E-state index in [4.69, 9.17) is 4.74 Å². The number of benzene rings is 1. The lowest BCUT2D eigenvalue weighted by Crippen LogP contribution is -2.45. The number of rotatable bonds is 4. The van der Waals surface area contributed by atoms with Crippen molar-refractivity contribution in [3.63, 3.8) is 0 Å². The van der Waals surface area contributed by atoms with E-state index < -0.39 is 0 Å². The van der Waals surface area contributed by atoms with Crippen molar-refractivity contribution in [1.29, 1.82) is 0 Å². The van der Waals surface area contributed by atoms with Crippen LogP contribution in [-0.4, -0.2) is 54.4 Å². The molecule has 140 valence electrons. The van der Waals surface area contributed by atoms with E-state index in [1.807, 2.05) is 17.0 Å². The second kappa shape index (κ2) is 7.94. The fourth-order valence-electron chi connectivity index (χ4n) is 4.17. The molecule has 2 aliphatic heterocycles. The van der Waals surface area contributed by atoms with E-state index in [0.717, 1.165) is 31.6 Å². The molecule has 2 heterocycles. The fraction of sp³-hybridized carbons (Fsp3) is 0.524. The van der Waals surface area contributed by atoms with Crippen molar-refractivity contribution in [3.05, 3.63) is 42.5 Å². The molecule has 2 amide bonds. The minimum atomic E-state index is -0.0370. The highest BCUT2D eigenvalue weighted by atomic mass is 16.5. The van der Waals surface area contributed by atoms with Crippen LogP contribution in [0, 0.1) is 5.92 Å². The molecule has 0 spiro atoms. The zero-order valence-corrected chi connectivity index (χ0v) is 15.7. The molecule has 0 saturated carbocycles. The van der Waals surface area contributed by atoms with Gasteiger partial charge in [-0.2, -0.15) is 0 Å². The van der Waals surface area contributed by atoms with Crippen LogP contribution < -0.4 is 4.74 Å². The quantitative estimate of drug-likeness (QED) is 0.780. The van der Waals surface area contributed by atoms with E-state index in [2.05, 4.69) is 25.6 Å². The maximum absolute atomic E-state index is 13.0. The molecule has 5 heteroatoms. The summed E-state index contributed by atoms with van der Waals surface area (Å²) in [5.41, 5.74) is 1.26. The average molecular weight is 356 g/mol. The van der Waals surface area contributed by atoms with E-state index in [1.165, 1.54) is 11.6 Å². The highest BCUT2D eigenvalue weighted by Gasteiger charge is 2.37. The fourth-order valence-corrected chi connectivity index (χ4v) is 4.17. The van der Waals surface area contributed by atoms with Gasteiger partial charge in [0.15, 0.2) is 0 Å². The molecule has 2 unspecified atom stereocenters. The van der Waals surface area contributed by atoms with Crippen molar-refractivity contribution in [1.82, 2.24) is 9.80 Å². The summed E-state index contributed by atoms with van der Waals surface area (Å²) in [6, 6.07) is 8.42. The Morgan fingerprint density at radius 3 is 2.42 bits per heavy atom. The molecule has 2 saturated heterocycles. The van der Waals surface area contributed by atoms with Gasteiger partial charge >= 0.3 is 0 Å². The second-order valence-corrected chi connectivity index (χ2v) is 7.35. The van der Waals surface area contributed by atoms with Crippen molar-refractivity contribution >= 4 is 11.8 Å². The van der Waals surface area contributed by atoms with Crippen molar-refractivity contribution in [3.8, 4) is 5.75 Å². The van der Waals surface area contributed by atoms with Crippen LogP contribution in [0.3, 0.4) is 0 Å². The zero-order valence-electron chi connectivity index (χ0n) is 15.7. The monoisotopic (exact) mass is 356 g/mol. The van der Waals surface area contributed by atoms with Gasteiger partial charge in [0.2, 0.25) is 11.8 Å². The first-order valence-electron chi connectivity index (χ1n) is 9.39. The summed E-state index contributed by atoms with van der Waals surface area (Å²) in [6.45, 7) is 7.74. The molecule has 5 nitrogen and oxygen atoms in total. The predicted molar refractivity (Wildman–Crippen MR) is 101 cm³/mol. The first-order chi connectivity index (χ1) is 12.5. The van der Waals surface area contributed by atoms with E-state index in [0.29, 0.717) is 19.0 Å². The number of methoxy groups -OCH3 is 1. The van der Waals surface area contributed by atoms with Crippen molar-refractivity contribution in [2.75, 3.05) is 26.7 Å². The van der Waals surface area contributed by atoms with E-state index in [1.54, 1.807) is 12.0 Å². The minimum absolute atomic E-state index is 0.0286. The molecule has 0 N–H and O–H groups in total. The van der Waals surface area contributed by atoms with Gasteiger partial charge in [0, 0.05) is 37.5 Å². The zero-order chi connectivity index (χ0) is 18.7. The van der Waals surface area contributed by atoms with Crippen molar-refractivity contribution in [2.45, 2.75) is 38.1 Å². The number of carbonyl (C=O) groups is 2. The van der Waals surface area contributed by atoms with Gasteiger partial charge in [0.25, 0.3) is 0 Å². The van der Waals surface area contributed by atoms with Gasteiger partial charge in [-0.3, -0.25) is 9.59 Å². The van der Waals surface area contributed by atoms with Crippen LogP contribution in [0.4, 0.5) is 0 Å². The minimum Gasteiger partial charge on any atom is -0.497 e. The van der Waals surface area contributed by atoms with Crippen molar-refractivity contribution < 1.29 is 14.3 Å². The molecule has 0 aromatic heterocycles. The molecule has 2 fully saturated rings. The second-order valence-electron chi connectivity index (χ2n) is 7.35. The number of piperidine rings is 1. The van der Waals surface area contributed by atoms with E-state index in [9.17, 15) is 9.59 Å². The van der Waals surface area contributed by atoms with Crippen LogP contribution in [0.2, 0.25) is 0 Å². The van der Waals surface area contributed by atoms with Gasteiger partial charge < -0.3 is 14.5 Å². The summed E-state index contributed by atoms with van der Waals surface area (Å²) in [7, 11) is 1.67. The Hall–Kier alpha value is -2.30. The van der Waals surface area contributed by atoms with Gasteiger partial charge in [0.1, 0.15) is 5.75 Å². The summed E-state index contributed by atoms with van der Waals surface area (Å²) in [5, 5.41) is 0.